The molecule has 0 aromatic carbocycles. The van der Waals surface area contributed by atoms with Gasteiger partial charge in [-0.1, -0.05) is 0 Å². The fourth-order valence-corrected chi connectivity index (χ4v) is 2.36. The van der Waals surface area contributed by atoms with Crippen molar-refractivity contribution in [3.05, 3.63) is 0 Å². The van der Waals surface area contributed by atoms with E-state index in [0.29, 0.717) is 19.2 Å². The molecule has 2 rings (SSSR count). The highest BCUT2D eigenvalue weighted by atomic mass is 16.5. The van der Waals surface area contributed by atoms with E-state index in [2.05, 4.69) is 10.6 Å². The van der Waals surface area contributed by atoms with Crippen LogP contribution in [0, 0.1) is 11.8 Å². The van der Waals surface area contributed by atoms with Gasteiger partial charge in [0.25, 0.3) is 0 Å². The molecule has 2 aliphatic carbocycles. The molecule has 0 spiro atoms. The number of amides is 1. The Morgan fingerprint density at radius 3 is 2.35 bits per heavy atom. The summed E-state index contributed by atoms with van der Waals surface area (Å²) in [4.78, 5) is 11.8. The molecule has 0 aromatic rings. The molecule has 0 saturated heterocycles. The molecule has 17 heavy (non-hydrogen) atoms. The standard InChI is InChI=1S/C13H24N2O2/c1-9(13(16)14-7-8-17-2)15-12(10-3-4-10)11-5-6-11/h9-12,15H,3-8H2,1-2H3,(H,14,16). The van der Waals surface area contributed by atoms with E-state index in [9.17, 15) is 4.79 Å². The minimum atomic E-state index is -0.0851. The van der Waals surface area contributed by atoms with Crippen LogP contribution in [0.25, 0.3) is 0 Å². The first kappa shape index (κ1) is 12.8. The van der Waals surface area contributed by atoms with E-state index < -0.39 is 0 Å². The predicted molar refractivity (Wildman–Crippen MR) is 66.7 cm³/mol. The number of ether oxygens (including phenoxy) is 1. The van der Waals surface area contributed by atoms with Crippen molar-refractivity contribution in [3.8, 4) is 0 Å². The molecule has 4 nitrogen and oxygen atoms in total. The summed E-state index contributed by atoms with van der Waals surface area (Å²) in [6.07, 6.45) is 5.36. The van der Waals surface area contributed by atoms with E-state index in [1.807, 2.05) is 6.92 Å². The lowest BCUT2D eigenvalue weighted by atomic mass is 10.1. The highest BCUT2D eigenvalue weighted by Gasteiger charge is 2.42. The zero-order valence-corrected chi connectivity index (χ0v) is 10.9. The lowest BCUT2D eigenvalue weighted by Gasteiger charge is -2.22. The third kappa shape index (κ3) is 3.96. The van der Waals surface area contributed by atoms with E-state index >= 15 is 0 Å². The Labute approximate surface area is 103 Å². The van der Waals surface area contributed by atoms with Gasteiger partial charge < -0.3 is 15.4 Å². The molecule has 0 bridgehead atoms. The van der Waals surface area contributed by atoms with Gasteiger partial charge in [-0.3, -0.25) is 4.79 Å². The molecule has 0 aromatic heterocycles. The monoisotopic (exact) mass is 240 g/mol. The largest absolute Gasteiger partial charge is 0.383 e. The Bertz CT molecular complexity index is 250. The van der Waals surface area contributed by atoms with Crippen LogP contribution in [0.1, 0.15) is 32.6 Å². The molecule has 2 fully saturated rings. The molecular weight excluding hydrogens is 216 g/mol. The Morgan fingerprint density at radius 1 is 1.29 bits per heavy atom. The van der Waals surface area contributed by atoms with Crippen molar-refractivity contribution < 1.29 is 9.53 Å². The van der Waals surface area contributed by atoms with Gasteiger partial charge in [-0.25, -0.2) is 0 Å². The number of rotatable bonds is 8. The second-order valence-electron chi connectivity index (χ2n) is 5.37. The van der Waals surface area contributed by atoms with Gasteiger partial charge in [-0.15, -0.1) is 0 Å². The lowest BCUT2D eigenvalue weighted by Crippen LogP contribution is -2.48. The zero-order valence-electron chi connectivity index (χ0n) is 10.9. The zero-order chi connectivity index (χ0) is 12.3. The highest BCUT2D eigenvalue weighted by Crippen LogP contribution is 2.44. The van der Waals surface area contributed by atoms with Crippen molar-refractivity contribution in [2.75, 3.05) is 20.3 Å². The van der Waals surface area contributed by atoms with Crippen LogP contribution in [0.4, 0.5) is 0 Å². The van der Waals surface area contributed by atoms with Crippen LogP contribution in [0.2, 0.25) is 0 Å². The van der Waals surface area contributed by atoms with Gasteiger partial charge in [0.05, 0.1) is 12.6 Å². The highest BCUT2D eigenvalue weighted by molar-refractivity contribution is 5.81. The summed E-state index contributed by atoms with van der Waals surface area (Å²) in [5.74, 6) is 1.75. The molecule has 98 valence electrons. The average molecular weight is 240 g/mol. The summed E-state index contributed by atoms with van der Waals surface area (Å²) in [5.41, 5.74) is 0. The molecule has 2 aliphatic rings. The van der Waals surface area contributed by atoms with Gasteiger partial charge in [-0.05, 0) is 44.4 Å². The van der Waals surface area contributed by atoms with Crippen molar-refractivity contribution >= 4 is 5.91 Å². The number of hydrogen-bond acceptors (Lipinski definition) is 3. The van der Waals surface area contributed by atoms with Crippen LogP contribution >= 0.6 is 0 Å². The number of nitrogens with one attached hydrogen (secondary N) is 2. The molecule has 1 unspecified atom stereocenters. The second-order valence-corrected chi connectivity index (χ2v) is 5.37. The molecular formula is C13H24N2O2. The first-order valence-electron chi connectivity index (χ1n) is 6.75. The van der Waals surface area contributed by atoms with E-state index in [1.54, 1.807) is 7.11 Å². The lowest BCUT2D eigenvalue weighted by molar-refractivity contribution is -0.123. The maximum absolute atomic E-state index is 11.8. The van der Waals surface area contributed by atoms with Gasteiger partial charge in [0.15, 0.2) is 0 Å². The van der Waals surface area contributed by atoms with Gasteiger partial charge in [0, 0.05) is 19.7 Å². The quantitative estimate of drug-likeness (QED) is 0.620. The van der Waals surface area contributed by atoms with E-state index in [-0.39, 0.29) is 11.9 Å². The second kappa shape index (κ2) is 5.83. The summed E-state index contributed by atoms with van der Waals surface area (Å²) < 4.78 is 4.91. The third-order valence-corrected chi connectivity index (χ3v) is 3.70. The normalized spacial score (nSPS) is 21.6. The summed E-state index contributed by atoms with van der Waals surface area (Å²) >= 11 is 0. The smallest absolute Gasteiger partial charge is 0.236 e. The van der Waals surface area contributed by atoms with Crippen LogP contribution in [0.3, 0.4) is 0 Å². The Balaban J connectivity index is 1.70. The minimum Gasteiger partial charge on any atom is -0.383 e. The van der Waals surface area contributed by atoms with E-state index in [4.69, 9.17) is 4.74 Å². The van der Waals surface area contributed by atoms with Crippen LogP contribution in [0.5, 0.6) is 0 Å². The Kier molecular flexibility index (Phi) is 4.40. The van der Waals surface area contributed by atoms with Crippen molar-refractivity contribution in [3.63, 3.8) is 0 Å². The summed E-state index contributed by atoms with van der Waals surface area (Å²) in [7, 11) is 1.64. The topological polar surface area (TPSA) is 50.4 Å². The fraction of sp³-hybridized carbons (Fsp3) is 0.923. The number of carbonyl (C=O) groups excluding carboxylic acids is 1. The van der Waals surface area contributed by atoms with Crippen molar-refractivity contribution in [1.29, 1.82) is 0 Å². The van der Waals surface area contributed by atoms with Gasteiger partial charge in [-0.2, -0.15) is 0 Å². The van der Waals surface area contributed by atoms with Crippen molar-refractivity contribution in [2.24, 2.45) is 11.8 Å². The van der Waals surface area contributed by atoms with Gasteiger partial charge >= 0.3 is 0 Å². The molecule has 0 aliphatic heterocycles. The van der Waals surface area contributed by atoms with Crippen LogP contribution in [-0.2, 0) is 9.53 Å². The van der Waals surface area contributed by atoms with Crippen LogP contribution in [-0.4, -0.2) is 38.3 Å². The maximum atomic E-state index is 11.8. The summed E-state index contributed by atoms with van der Waals surface area (Å²) in [6, 6.07) is 0.497. The van der Waals surface area contributed by atoms with Gasteiger partial charge in [0.1, 0.15) is 0 Å². The Hall–Kier alpha value is -0.610. The molecule has 0 radical (unpaired) electrons. The fourth-order valence-electron chi connectivity index (χ4n) is 2.36. The van der Waals surface area contributed by atoms with Crippen molar-refractivity contribution in [2.45, 2.75) is 44.7 Å². The van der Waals surface area contributed by atoms with Crippen LogP contribution < -0.4 is 10.6 Å². The molecule has 4 heteroatoms. The molecule has 1 amide bonds. The minimum absolute atomic E-state index is 0.0851. The first-order chi connectivity index (χ1) is 8.22. The predicted octanol–water partition coefficient (Wildman–Crippen LogP) is 0.916. The Morgan fingerprint density at radius 2 is 1.88 bits per heavy atom. The number of methoxy groups -OCH3 is 1. The molecule has 0 heterocycles. The van der Waals surface area contributed by atoms with E-state index in [1.165, 1.54) is 25.7 Å². The first-order valence-corrected chi connectivity index (χ1v) is 6.75. The average Bonchev–Trinajstić information content (AvgIpc) is 3.18. The molecule has 2 N–H and O–H groups in total. The third-order valence-electron chi connectivity index (χ3n) is 3.70. The van der Waals surface area contributed by atoms with Gasteiger partial charge in [0.2, 0.25) is 5.91 Å². The molecule has 1 atom stereocenters. The maximum Gasteiger partial charge on any atom is 0.236 e. The molecule has 2 saturated carbocycles. The SMILES string of the molecule is COCCNC(=O)C(C)NC(C1CC1)C1CC1. The number of hydrogen-bond donors (Lipinski definition) is 2. The van der Waals surface area contributed by atoms with Crippen LogP contribution in [0.15, 0.2) is 0 Å². The van der Waals surface area contributed by atoms with E-state index in [0.717, 1.165) is 11.8 Å². The number of carbonyl (C=O) groups is 1. The van der Waals surface area contributed by atoms with Crippen molar-refractivity contribution in [1.82, 2.24) is 10.6 Å². The summed E-state index contributed by atoms with van der Waals surface area (Å²) in [6.45, 7) is 3.13. The summed E-state index contributed by atoms with van der Waals surface area (Å²) in [5, 5.41) is 6.40.